The number of H-pyrrole nitrogens is 2. The van der Waals surface area contributed by atoms with E-state index in [1.165, 1.54) is 17.4 Å². The molecule has 0 bridgehead atoms. The summed E-state index contributed by atoms with van der Waals surface area (Å²) < 4.78 is 0. The van der Waals surface area contributed by atoms with Crippen LogP contribution < -0.4 is 80.6 Å². The van der Waals surface area contributed by atoms with E-state index in [0.29, 0.717) is 27.6 Å². The SMILES string of the molecule is CC(C)C[C@@H]1NC(=O)[C@H](CC(=O)O)NC(=O)[C@H](Cc2c[nH]cn2)NC(=O)[C@H](CCCNC(=N)N)NC(=O)[C@@H]2CCCN2C(=O)CNC(=O)[C@H](Cc2ccccc2)NC(=O)[C@@H]2CCCN2C(=O)CNC(=O)[C@H](CCC(=O)O)NC(=O)[C@@H](N)CSSC[C@@H](C(=O)N[C@@H](Cc2c[nH]c3ccccc23)C(=O)O)NC(=O)[C@H](Cc2ccccc2)NC(=O)[C@H]([C@@H](C)O)NC1=O. The Bertz CT molecular complexity index is 4620. The van der Waals surface area contributed by atoms with E-state index in [4.69, 9.17) is 16.9 Å². The number of rotatable bonds is 23. The molecule has 0 saturated carbocycles. The first kappa shape index (κ1) is 96.7. The van der Waals surface area contributed by atoms with Crippen LogP contribution in [0.4, 0.5) is 0 Å². The highest BCUT2D eigenvalue weighted by atomic mass is 33.1. The number of aliphatic hydroxyl groups is 1. The Morgan fingerprint density at radius 1 is 0.565 bits per heavy atom. The Hall–Kier alpha value is -12.7. The number of nitrogens with zero attached hydrogens (tertiary/aromatic N) is 3. The predicted octanol–water partition coefficient (Wildman–Crippen LogP) is -3.94. The van der Waals surface area contributed by atoms with Gasteiger partial charge < -0.3 is 121 Å². The van der Waals surface area contributed by atoms with E-state index >= 15 is 4.79 Å². The van der Waals surface area contributed by atoms with Gasteiger partial charge in [-0.2, -0.15) is 0 Å². The van der Waals surface area contributed by atoms with Crippen molar-refractivity contribution >= 4 is 139 Å². The monoisotopic (exact) mass is 1760 g/mol. The zero-order valence-electron chi connectivity index (χ0n) is 68.4. The molecular formula is C80H107N21O21S2. The highest BCUT2D eigenvalue weighted by Crippen LogP contribution is 2.26. The van der Waals surface area contributed by atoms with E-state index in [2.05, 4.69) is 84.1 Å². The highest BCUT2D eigenvalue weighted by Gasteiger charge is 2.42. The summed E-state index contributed by atoms with van der Waals surface area (Å²) in [5.74, 6) is -20.2. The number of imidazole rings is 1. The van der Waals surface area contributed by atoms with Crippen LogP contribution in [0.2, 0.25) is 0 Å². The maximum Gasteiger partial charge on any atom is 0.326 e. The minimum absolute atomic E-state index is 0.000779. The number of carbonyl (C=O) groups is 17. The molecule has 14 amide bonds. The van der Waals surface area contributed by atoms with E-state index in [0.717, 1.165) is 33.4 Å². The van der Waals surface area contributed by atoms with Crippen LogP contribution >= 0.6 is 21.6 Å². The Kier molecular flexibility index (Phi) is 37.2. The minimum Gasteiger partial charge on any atom is -0.481 e. The van der Waals surface area contributed by atoms with Crippen LogP contribution in [0, 0.1) is 11.3 Å². The molecule has 670 valence electrons. The molecule has 5 heterocycles. The molecule has 3 aromatic carbocycles. The van der Waals surface area contributed by atoms with Crippen LogP contribution in [-0.2, 0) is 107 Å². The fourth-order valence-electron chi connectivity index (χ4n) is 14.1. The number of aromatic amines is 2. The fraction of sp³-hybridized carbons (Fsp3) is 0.487. The van der Waals surface area contributed by atoms with Crippen molar-refractivity contribution in [2.75, 3.05) is 44.2 Å². The van der Waals surface area contributed by atoms with Crippen molar-refractivity contribution in [3.63, 3.8) is 0 Å². The number of hydrogen-bond acceptors (Lipinski definition) is 23. The number of nitrogens with two attached hydrogens (primary N) is 2. The average Bonchev–Trinajstić information content (AvgIpc) is 1.66. The van der Waals surface area contributed by atoms with Crippen LogP contribution in [0.1, 0.15) is 107 Å². The van der Waals surface area contributed by atoms with Gasteiger partial charge in [0.05, 0.1) is 43.7 Å². The van der Waals surface area contributed by atoms with Crippen LogP contribution in [0.15, 0.2) is 104 Å². The second kappa shape index (κ2) is 47.6. The standard InChI is InChI=1S/C80H107N21O21S2/c1-42(2)29-53-74(116)99-66(43(3)102)78(120)96-55(31-45-17-8-5-9-18-45)71(113)98-59(75(117)97-58(79(121)122)32-46-35-86-50-20-11-10-19-48(46)50)40-124-123-39-49(81)67(109)90-52(24-25-64(105)106)68(110)87-37-62(103)101-28-14-23-61(101)77(119)95-54(30-44-15-6-4-7-16-44)69(111)88-38-63(104)100-27-13-22-60(100)76(118)91-51(21-12-26-85-80(82)83)70(112)93-56(33-47-36-84-41-89-47)72(114)94-57(34-65(107)108)73(115)92-53/h4-11,15-20,35-36,41-43,49,51-61,66,86,102H,12-14,21-34,37-40,81H2,1-3H3,(H,84,89)(H,87,110)(H,88,111)(H,90,109)(H,91,118)(H,92,115)(H,93,112)(H,94,114)(H,95,119)(H,96,120)(H,97,117)(H,98,113)(H,99,116)(H,105,106)(H,107,108)(H,121,122)(H4,82,83,85)/t43-,49+,51+,52+,53+,54+,55+,56+,57+,58+,59+,60+,61+,66+/m1/s1. The first-order chi connectivity index (χ1) is 59.1. The second-order valence-corrected chi connectivity index (χ2v) is 33.1. The number of aromatic nitrogens is 3. The number of carboxylic acid groups (broad SMARTS) is 3. The maximum absolute atomic E-state index is 15.0. The predicted molar refractivity (Wildman–Crippen MR) is 449 cm³/mol. The molecule has 3 saturated heterocycles. The van der Waals surface area contributed by atoms with Crippen LogP contribution in [-0.4, -0.2) is 281 Å². The van der Waals surface area contributed by atoms with Gasteiger partial charge in [-0.25, -0.2) is 9.78 Å². The van der Waals surface area contributed by atoms with Gasteiger partial charge in [-0.05, 0) is 87.0 Å². The smallest absolute Gasteiger partial charge is 0.326 e. The molecule has 44 heteroatoms. The van der Waals surface area contributed by atoms with Crippen LogP contribution in [0.3, 0.4) is 0 Å². The van der Waals surface area contributed by atoms with E-state index in [9.17, 15) is 97.1 Å². The number of para-hydroxylation sites is 1. The summed E-state index contributed by atoms with van der Waals surface area (Å²) in [6.45, 7) is 2.87. The van der Waals surface area contributed by atoms with Crippen molar-refractivity contribution < 1.29 is 102 Å². The molecule has 3 aliphatic heterocycles. The first-order valence-corrected chi connectivity index (χ1v) is 42.8. The van der Waals surface area contributed by atoms with E-state index in [-0.39, 0.29) is 95.3 Å². The minimum atomic E-state index is -2.04. The summed E-state index contributed by atoms with van der Waals surface area (Å²) in [6, 6.07) is 2.44. The molecule has 42 nitrogen and oxygen atoms in total. The van der Waals surface area contributed by atoms with Crippen molar-refractivity contribution in [3.8, 4) is 0 Å². The van der Waals surface area contributed by atoms with Gasteiger partial charge in [-0.3, -0.25) is 82.1 Å². The van der Waals surface area contributed by atoms with Crippen LogP contribution in [0.5, 0.6) is 0 Å². The summed E-state index contributed by atoms with van der Waals surface area (Å²) in [5.41, 5.74) is 14.2. The number of carboxylic acids is 3. The summed E-state index contributed by atoms with van der Waals surface area (Å²) in [4.78, 5) is 253. The number of hydrogen-bond donors (Lipinski definition) is 22. The number of aliphatic carboxylic acids is 3. The van der Waals surface area contributed by atoms with Crippen molar-refractivity contribution in [2.24, 2.45) is 17.4 Å². The third-order valence-corrected chi connectivity index (χ3v) is 23.0. The van der Waals surface area contributed by atoms with Gasteiger partial charge in [0.2, 0.25) is 82.7 Å². The lowest BCUT2D eigenvalue weighted by molar-refractivity contribution is -0.142. The van der Waals surface area contributed by atoms with Gasteiger partial charge >= 0.3 is 17.9 Å². The number of benzene rings is 3. The Morgan fingerprint density at radius 2 is 1.06 bits per heavy atom. The topological polar surface area (TPSA) is 654 Å². The zero-order chi connectivity index (χ0) is 90.3. The molecule has 2 aromatic heterocycles. The normalized spacial score (nSPS) is 24.2. The largest absolute Gasteiger partial charge is 0.481 e. The summed E-state index contributed by atoms with van der Waals surface area (Å²) in [5, 5.41) is 82.9. The van der Waals surface area contributed by atoms with Gasteiger partial charge in [0, 0.05) is 86.5 Å². The van der Waals surface area contributed by atoms with Crippen molar-refractivity contribution in [2.45, 2.75) is 195 Å². The molecular weight excluding hydrogens is 1660 g/mol. The molecule has 0 unspecified atom stereocenters. The quantitative estimate of drug-likeness (QED) is 0.0128. The lowest BCUT2D eigenvalue weighted by Gasteiger charge is -2.29. The molecule has 8 rings (SSSR count). The second-order valence-electron chi connectivity index (χ2n) is 30.6. The number of guanidine groups is 1. The lowest BCUT2D eigenvalue weighted by Crippen LogP contribution is -2.62. The van der Waals surface area contributed by atoms with E-state index < -0.39 is 242 Å². The molecule has 5 aromatic rings. The van der Waals surface area contributed by atoms with Gasteiger partial charge in [0.25, 0.3) is 0 Å². The maximum atomic E-state index is 15.0. The Balaban J connectivity index is 1.12. The zero-order valence-corrected chi connectivity index (χ0v) is 70.0. The number of carbonyl (C=O) groups excluding carboxylic acids is 14. The molecule has 3 fully saturated rings. The van der Waals surface area contributed by atoms with E-state index in [1.54, 1.807) is 105 Å². The Labute approximate surface area is 719 Å². The van der Waals surface area contributed by atoms with Gasteiger partial charge in [-0.15, -0.1) is 0 Å². The number of nitrogens with one attached hydrogen (secondary N) is 16. The third kappa shape index (κ3) is 29.8. The molecule has 0 radical (unpaired) electrons. The fourth-order valence-corrected chi connectivity index (χ4v) is 16.4. The van der Waals surface area contributed by atoms with Crippen LogP contribution in [0.25, 0.3) is 10.9 Å². The average molecular weight is 1760 g/mol. The summed E-state index contributed by atoms with van der Waals surface area (Å²) in [7, 11) is 1.72. The first-order valence-electron chi connectivity index (χ1n) is 40.3. The molecule has 3 aliphatic rings. The Morgan fingerprint density at radius 3 is 1.64 bits per heavy atom. The summed E-state index contributed by atoms with van der Waals surface area (Å²) >= 11 is 0. The van der Waals surface area contributed by atoms with Gasteiger partial charge in [-0.1, -0.05) is 114 Å². The lowest BCUT2D eigenvalue weighted by atomic mass is 10.0. The molecule has 0 aliphatic carbocycles. The van der Waals surface area contributed by atoms with Gasteiger partial charge in [0.1, 0.15) is 72.5 Å². The third-order valence-electron chi connectivity index (χ3n) is 20.6. The van der Waals surface area contributed by atoms with E-state index in [1.807, 2.05) is 0 Å². The number of fused-ring (bicyclic) bond motifs is 3. The molecule has 24 N–H and O–H groups in total. The van der Waals surface area contributed by atoms with Crippen molar-refractivity contribution in [3.05, 3.63) is 126 Å². The number of aliphatic hydroxyl groups excluding tert-OH is 1. The van der Waals surface area contributed by atoms with Gasteiger partial charge in [0.15, 0.2) is 5.96 Å². The molecule has 124 heavy (non-hydrogen) atoms. The number of amides is 14. The van der Waals surface area contributed by atoms with Crippen molar-refractivity contribution in [1.82, 2.24) is 93.9 Å². The molecule has 0 spiro atoms. The summed E-state index contributed by atoms with van der Waals surface area (Å²) in [6.07, 6.45) is -0.879. The molecule has 14 atom stereocenters. The van der Waals surface area contributed by atoms with Crippen molar-refractivity contribution in [1.29, 1.82) is 5.41 Å². The highest BCUT2D eigenvalue weighted by molar-refractivity contribution is 8.76.